The van der Waals surface area contributed by atoms with E-state index < -0.39 is 0 Å². The first-order valence-electron chi connectivity index (χ1n) is 3.91. The largest absolute Gasteiger partial charge is 0.469 e. The van der Waals surface area contributed by atoms with Crippen LogP contribution in [0.2, 0.25) is 0 Å². The van der Waals surface area contributed by atoms with Crippen molar-refractivity contribution in [1.82, 2.24) is 0 Å². The van der Waals surface area contributed by atoms with Crippen LogP contribution < -0.4 is 0 Å². The molecule has 1 rings (SSSR count). The summed E-state index contributed by atoms with van der Waals surface area (Å²) in [7, 11) is 0. The molecule has 0 bridgehead atoms. The van der Waals surface area contributed by atoms with E-state index >= 15 is 0 Å². The van der Waals surface area contributed by atoms with Gasteiger partial charge >= 0.3 is 5.97 Å². The van der Waals surface area contributed by atoms with Crippen LogP contribution in [0, 0.1) is 5.92 Å². The number of hydrogen-bond acceptors (Lipinski definition) is 3. The van der Waals surface area contributed by atoms with Crippen molar-refractivity contribution in [2.24, 2.45) is 5.92 Å². The van der Waals surface area contributed by atoms with Crippen LogP contribution in [0.3, 0.4) is 0 Å². The van der Waals surface area contributed by atoms with Gasteiger partial charge in [-0.2, -0.15) is 0 Å². The van der Waals surface area contributed by atoms with E-state index in [1.165, 1.54) is 6.26 Å². The molecule has 0 aromatic carbocycles. The number of rotatable bonds is 2. The highest BCUT2D eigenvalue weighted by atomic mass is 16.6. The van der Waals surface area contributed by atoms with Crippen molar-refractivity contribution < 1.29 is 14.3 Å². The zero-order valence-corrected chi connectivity index (χ0v) is 7.24. The van der Waals surface area contributed by atoms with Gasteiger partial charge in [0.2, 0.25) is 0 Å². The third kappa shape index (κ3) is 2.42. The van der Waals surface area contributed by atoms with E-state index in [4.69, 9.17) is 9.47 Å². The molecule has 0 amide bonds. The number of hydrogen-bond donors (Lipinski definition) is 0. The fourth-order valence-corrected chi connectivity index (χ4v) is 0.696. The van der Waals surface area contributed by atoms with Gasteiger partial charge in [-0.1, -0.05) is 13.8 Å². The second-order valence-electron chi connectivity index (χ2n) is 2.87. The Morgan fingerprint density at radius 2 is 2.42 bits per heavy atom. The molecule has 3 heteroatoms. The van der Waals surface area contributed by atoms with Crippen LogP contribution in [-0.2, 0) is 14.3 Å². The van der Waals surface area contributed by atoms with Crippen LogP contribution in [0.25, 0.3) is 0 Å². The van der Waals surface area contributed by atoms with Gasteiger partial charge in [0.15, 0.2) is 0 Å². The summed E-state index contributed by atoms with van der Waals surface area (Å²) in [4.78, 5) is 11.1. The maximum absolute atomic E-state index is 11.1. The number of allylic oxidation sites excluding steroid dienone is 1. The van der Waals surface area contributed by atoms with E-state index in [1.807, 2.05) is 0 Å². The van der Waals surface area contributed by atoms with Crippen LogP contribution in [-0.4, -0.2) is 5.97 Å². The highest BCUT2D eigenvalue weighted by molar-refractivity contribution is 5.72. The number of carbonyl (C=O) groups is 1. The van der Waals surface area contributed by atoms with Gasteiger partial charge in [-0.05, 0) is 6.08 Å². The van der Waals surface area contributed by atoms with E-state index in [2.05, 4.69) is 0 Å². The van der Waals surface area contributed by atoms with Gasteiger partial charge in [0.25, 0.3) is 0 Å². The van der Waals surface area contributed by atoms with Crippen LogP contribution in [0.15, 0.2) is 24.4 Å². The van der Waals surface area contributed by atoms with Gasteiger partial charge in [0, 0.05) is 6.42 Å². The minimum atomic E-state index is -0.222. The molecule has 0 saturated heterocycles. The Bertz CT molecular complexity index is 226. The molecule has 12 heavy (non-hydrogen) atoms. The van der Waals surface area contributed by atoms with E-state index in [0.29, 0.717) is 12.2 Å². The molecule has 0 spiro atoms. The molecule has 0 aromatic rings. The first kappa shape index (κ1) is 8.84. The Morgan fingerprint density at radius 1 is 1.67 bits per heavy atom. The molecule has 1 aliphatic heterocycles. The van der Waals surface area contributed by atoms with Gasteiger partial charge in [-0.25, -0.2) is 0 Å². The first-order valence-corrected chi connectivity index (χ1v) is 3.91. The van der Waals surface area contributed by atoms with Gasteiger partial charge in [-0.15, -0.1) is 0 Å². The van der Waals surface area contributed by atoms with Gasteiger partial charge in [0.1, 0.15) is 12.0 Å². The average Bonchev–Trinajstić information content (AvgIpc) is 2.06. The SMILES string of the molecule is CC(C)C(=O)OC1=COC=CC1. The fourth-order valence-electron chi connectivity index (χ4n) is 0.696. The summed E-state index contributed by atoms with van der Waals surface area (Å²) in [5.74, 6) is 0.244. The molecule has 0 aliphatic carbocycles. The highest BCUT2D eigenvalue weighted by Gasteiger charge is 2.11. The van der Waals surface area contributed by atoms with Crippen molar-refractivity contribution in [2.45, 2.75) is 20.3 Å². The van der Waals surface area contributed by atoms with Gasteiger partial charge < -0.3 is 9.47 Å². The number of ether oxygens (including phenoxy) is 2. The molecule has 0 unspecified atom stereocenters. The molecule has 0 fully saturated rings. The zero-order valence-electron chi connectivity index (χ0n) is 7.24. The third-order valence-corrected chi connectivity index (χ3v) is 1.40. The third-order valence-electron chi connectivity index (χ3n) is 1.40. The molecule has 1 aliphatic rings. The molecular weight excluding hydrogens is 156 g/mol. The van der Waals surface area contributed by atoms with E-state index in [-0.39, 0.29) is 11.9 Å². The van der Waals surface area contributed by atoms with Crippen LogP contribution >= 0.6 is 0 Å². The average molecular weight is 168 g/mol. The monoisotopic (exact) mass is 168 g/mol. The van der Waals surface area contributed by atoms with Crippen molar-refractivity contribution in [1.29, 1.82) is 0 Å². The summed E-state index contributed by atoms with van der Waals surface area (Å²) < 4.78 is 9.84. The summed E-state index contributed by atoms with van der Waals surface area (Å²) in [6.07, 6.45) is 5.42. The molecular formula is C9H12O3. The maximum atomic E-state index is 11.1. The lowest BCUT2D eigenvalue weighted by Crippen LogP contribution is -2.11. The Balaban J connectivity index is 2.41. The topological polar surface area (TPSA) is 35.5 Å². The lowest BCUT2D eigenvalue weighted by atomic mass is 10.2. The van der Waals surface area contributed by atoms with E-state index in [0.717, 1.165) is 0 Å². The lowest BCUT2D eigenvalue weighted by Gasteiger charge is -2.10. The van der Waals surface area contributed by atoms with Crippen molar-refractivity contribution in [3.05, 3.63) is 24.4 Å². The Kier molecular flexibility index (Phi) is 2.91. The smallest absolute Gasteiger partial charge is 0.313 e. The molecule has 0 radical (unpaired) electrons. The normalized spacial score (nSPS) is 15.4. The first-order chi connectivity index (χ1) is 5.70. The van der Waals surface area contributed by atoms with Crippen molar-refractivity contribution >= 4 is 5.97 Å². The molecule has 0 aromatic heterocycles. The Hall–Kier alpha value is -1.25. The minimum Gasteiger partial charge on any atom is -0.469 e. The predicted octanol–water partition coefficient (Wildman–Crippen LogP) is 1.96. The van der Waals surface area contributed by atoms with Gasteiger partial charge in [-0.3, -0.25) is 4.79 Å². The lowest BCUT2D eigenvalue weighted by molar-refractivity contribution is -0.143. The summed E-state index contributed by atoms with van der Waals surface area (Å²) in [6, 6.07) is 0. The van der Waals surface area contributed by atoms with Crippen LogP contribution in [0.1, 0.15) is 20.3 Å². The standard InChI is InChI=1S/C9H12O3/c1-7(2)9(10)12-8-4-3-5-11-6-8/h3,5-7H,4H2,1-2H3. The van der Waals surface area contributed by atoms with E-state index in [9.17, 15) is 4.79 Å². The Labute approximate surface area is 71.7 Å². The van der Waals surface area contributed by atoms with Crippen molar-refractivity contribution in [3.8, 4) is 0 Å². The summed E-state index contributed by atoms with van der Waals surface area (Å²) in [5.41, 5.74) is 0. The Morgan fingerprint density at radius 3 is 2.92 bits per heavy atom. The minimum absolute atomic E-state index is 0.100. The van der Waals surface area contributed by atoms with Gasteiger partial charge in [0.05, 0.1) is 12.2 Å². The zero-order chi connectivity index (χ0) is 8.97. The second-order valence-corrected chi connectivity index (χ2v) is 2.87. The quantitative estimate of drug-likeness (QED) is 0.591. The molecule has 66 valence electrons. The summed E-state index contributed by atoms with van der Waals surface area (Å²) in [5, 5.41) is 0. The summed E-state index contributed by atoms with van der Waals surface area (Å²) in [6.45, 7) is 3.59. The van der Waals surface area contributed by atoms with Crippen molar-refractivity contribution in [3.63, 3.8) is 0 Å². The van der Waals surface area contributed by atoms with Crippen LogP contribution in [0.4, 0.5) is 0 Å². The van der Waals surface area contributed by atoms with E-state index in [1.54, 1.807) is 26.2 Å². The molecule has 3 nitrogen and oxygen atoms in total. The second kappa shape index (κ2) is 3.95. The highest BCUT2D eigenvalue weighted by Crippen LogP contribution is 2.12. The maximum Gasteiger partial charge on any atom is 0.313 e. The predicted molar refractivity (Wildman–Crippen MR) is 43.9 cm³/mol. The van der Waals surface area contributed by atoms with Crippen LogP contribution in [0.5, 0.6) is 0 Å². The molecule has 0 saturated carbocycles. The summed E-state index contributed by atoms with van der Waals surface area (Å²) >= 11 is 0. The molecule has 0 N–H and O–H groups in total. The number of carbonyl (C=O) groups excluding carboxylic acids is 1. The number of esters is 1. The fraction of sp³-hybridized carbons (Fsp3) is 0.444. The molecule has 1 heterocycles. The molecule has 0 atom stereocenters. The van der Waals surface area contributed by atoms with Crippen molar-refractivity contribution in [2.75, 3.05) is 0 Å².